The summed E-state index contributed by atoms with van der Waals surface area (Å²) >= 11 is 0. The SMILES string of the molecule is Cc1ccc(C2=C(N3CCCCC3)C(=O)N(c3cccc(F)c3)C2=O)cc1. The van der Waals surface area contributed by atoms with Crippen LogP contribution in [0.5, 0.6) is 0 Å². The number of hydrogen-bond donors (Lipinski definition) is 0. The standard InChI is InChI=1S/C22H21FN2O2/c1-15-8-10-16(11-9-15)19-20(24-12-3-2-4-13-24)22(27)25(21(19)26)18-7-5-6-17(23)14-18/h5-11,14H,2-4,12-13H2,1H3. The van der Waals surface area contributed by atoms with Gasteiger partial charge in [-0.3, -0.25) is 9.59 Å². The number of likely N-dealkylation sites (tertiary alicyclic amines) is 1. The van der Waals surface area contributed by atoms with Crippen molar-refractivity contribution in [2.24, 2.45) is 0 Å². The number of anilines is 1. The predicted molar refractivity (Wildman–Crippen MR) is 102 cm³/mol. The monoisotopic (exact) mass is 364 g/mol. The molecule has 5 heteroatoms. The van der Waals surface area contributed by atoms with Gasteiger partial charge in [0.1, 0.15) is 11.5 Å². The van der Waals surface area contributed by atoms with Crippen molar-refractivity contribution in [1.82, 2.24) is 4.90 Å². The third kappa shape index (κ3) is 3.14. The maximum Gasteiger partial charge on any atom is 0.282 e. The molecular formula is C22H21FN2O2. The molecule has 0 bridgehead atoms. The van der Waals surface area contributed by atoms with E-state index in [0.717, 1.165) is 48.4 Å². The fourth-order valence-electron chi connectivity index (χ4n) is 3.76. The normalized spacial score (nSPS) is 17.9. The lowest BCUT2D eigenvalue weighted by Gasteiger charge is -2.29. The Bertz CT molecular complexity index is 928. The van der Waals surface area contributed by atoms with Crippen LogP contribution in [0.2, 0.25) is 0 Å². The number of piperidine rings is 1. The maximum atomic E-state index is 13.7. The lowest BCUT2D eigenvalue weighted by atomic mass is 10.0. The van der Waals surface area contributed by atoms with Crippen LogP contribution < -0.4 is 4.90 Å². The van der Waals surface area contributed by atoms with Crippen molar-refractivity contribution in [2.45, 2.75) is 26.2 Å². The molecule has 27 heavy (non-hydrogen) atoms. The van der Waals surface area contributed by atoms with Crippen molar-refractivity contribution >= 4 is 23.1 Å². The molecule has 0 unspecified atom stereocenters. The Kier molecular flexibility index (Phi) is 4.52. The Hall–Kier alpha value is -2.95. The van der Waals surface area contributed by atoms with Crippen LogP contribution in [-0.2, 0) is 9.59 Å². The van der Waals surface area contributed by atoms with E-state index >= 15 is 0 Å². The van der Waals surface area contributed by atoms with Crippen LogP contribution in [-0.4, -0.2) is 29.8 Å². The second-order valence-corrected chi connectivity index (χ2v) is 7.06. The van der Waals surface area contributed by atoms with Crippen LogP contribution in [0.4, 0.5) is 10.1 Å². The highest BCUT2D eigenvalue weighted by Gasteiger charge is 2.42. The van der Waals surface area contributed by atoms with Crippen LogP contribution in [0.15, 0.2) is 54.2 Å². The summed E-state index contributed by atoms with van der Waals surface area (Å²) in [6, 6.07) is 13.2. The van der Waals surface area contributed by atoms with E-state index in [1.54, 1.807) is 6.07 Å². The second-order valence-electron chi connectivity index (χ2n) is 7.06. The number of halogens is 1. The minimum absolute atomic E-state index is 0.265. The van der Waals surface area contributed by atoms with Crippen molar-refractivity contribution in [3.63, 3.8) is 0 Å². The van der Waals surface area contributed by atoms with Crippen LogP contribution in [0.25, 0.3) is 5.57 Å². The van der Waals surface area contributed by atoms with Crippen LogP contribution >= 0.6 is 0 Å². The highest BCUT2D eigenvalue weighted by atomic mass is 19.1. The third-order valence-corrected chi connectivity index (χ3v) is 5.14. The van der Waals surface area contributed by atoms with Crippen LogP contribution in [0.3, 0.4) is 0 Å². The molecule has 138 valence electrons. The number of nitrogens with zero attached hydrogens (tertiary/aromatic N) is 2. The summed E-state index contributed by atoms with van der Waals surface area (Å²) in [5, 5.41) is 0. The molecule has 0 aromatic heterocycles. The summed E-state index contributed by atoms with van der Waals surface area (Å²) in [5.41, 5.74) is 2.91. The predicted octanol–water partition coefficient (Wildman–Crippen LogP) is 3.90. The molecule has 4 rings (SSSR count). The zero-order chi connectivity index (χ0) is 19.0. The van der Waals surface area contributed by atoms with Gasteiger partial charge in [-0.1, -0.05) is 35.9 Å². The van der Waals surface area contributed by atoms with Gasteiger partial charge in [0.05, 0.1) is 11.3 Å². The van der Waals surface area contributed by atoms with Gasteiger partial charge in [-0.2, -0.15) is 0 Å². The minimum Gasteiger partial charge on any atom is -0.366 e. The molecule has 2 aliphatic rings. The van der Waals surface area contributed by atoms with E-state index in [1.165, 1.54) is 18.2 Å². The summed E-state index contributed by atoms with van der Waals surface area (Å²) in [6.07, 6.45) is 3.11. The van der Waals surface area contributed by atoms with Crippen molar-refractivity contribution in [2.75, 3.05) is 18.0 Å². The molecule has 1 saturated heterocycles. The maximum absolute atomic E-state index is 13.7. The van der Waals surface area contributed by atoms with Gasteiger partial charge in [0.15, 0.2) is 0 Å². The number of benzene rings is 2. The molecule has 4 nitrogen and oxygen atoms in total. The summed E-state index contributed by atoms with van der Waals surface area (Å²) in [4.78, 5) is 29.6. The average molecular weight is 364 g/mol. The first-order chi connectivity index (χ1) is 13.1. The zero-order valence-corrected chi connectivity index (χ0v) is 15.2. The Labute approximate surface area is 157 Å². The van der Waals surface area contributed by atoms with E-state index in [1.807, 2.05) is 36.1 Å². The number of aryl methyl sites for hydroxylation is 1. The minimum atomic E-state index is -0.476. The number of carbonyl (C=O) groups excluding carboxylic acids is 2. The van der Waals surface area contributed by atoms with Gasteiger partial charge in [-0.25, -0.2) is 9.29 Å². The van der Waals surface area contributed by atoms with E-state index in [4.69, 9.17) is 0 Å². The number of carbonyl (C=O) groups is 2. The molecule has 2 aromatic rings. The Morgan fingerprint density at radius 1 is 0.889 bits per heavy atom. The summed E-state index contributed by atoms with van der Waals surface area (Å²) in [5.74, 6) is -1.24. The molecule has 0 N–H and O–H groups in total. The molecule has 0 atom stereocenters. The molecule has 1 fully saturated rings. The van der Waals surface area contributed by atoms with Crippen molar-refractivity contribution in [1.29, 1.82) is 0 Å². The fourth-order valence-corrected chi connectivity index (χ4v) is 3.76. The lowest BCUT2D eigenvalue weighted by molar-refractivity contribution is -0.120. The fraction of sp³-hybridized carbons (Fsp3) is 0.273. The van der Waals surface area contributed by atoms with E-state index < -0.39 is 11.7 Å². The molecule has 2 aliphatic heterocycles. The number of amides is 2. The molecule has 2 aromatic carbocycles. The summed E-state index contributed by atoms with van der Waals surface area (Å²) in [6.45, 7) is 3.48. The van der Waals surface area contributed by atoms with Gasteiger partial charge < -0.3 is 4.90 Å². The van der Waals surface area contributed by atoms with E-state index in [0.29, 0.717) is 11.3 Å². The highest BCUT2D eigenvalue weighted by Crippen LogP contribution is 2.36. The Morgan fingerprint density at radius 2 is 1.59 bits per heavy atom. The van der Waals surface area contributed by atoms with E-state index in [-0.39, 0.29) is 11.6 Å². The first-order valence-corrected chi connectivity index (χ1v) is 9.27. The molecule has 2 amide bonds. The Balaban J connectivity index is 1.83. The molecule has 0 spiro atoms. The van der Waals surface area contributed by atoms with E-state index in [2.05, 4.69) is 0 Å². The molecular weight excluding hydrogens is 343 g/mol. The van der Waals surface area contributed by atoms with E-state index in [9.17, 15) is 14.0 Å². The smallest absolute Gasteiger partial charge is 0.282 e. The highest BCUT2D eigenvalue weighted by molar-refractivity contribution is 6.45. The van der Waals surface area contributed by atoms with Gasteiger partial charge in [-0.15, -0.1) is 0 Å². The van der Waals surface area contributed by atoms with Crippen molar-refractivity contribution in [3.8, 4) is 0 Å². The third-order valence-electron chi connectivity index (χ3n) is 5.14. The molecule has 2 heterocycles. The van der Waals surface area contributed by atoms with Gasteiger partial charge >= 0.3 is 0 Å². The largest absolute Gasteiger partial charge is 0.366 e. The first kappa shape index (κ1) is 17.5. The summed E-state index contributed by atoms with van der Waals surface area (Å²) < 4.78 is 13.7. The number of hydrogen-bond acceptors (Lipinski definition) is 3. The van der Waals surface area contributed by atoms with Gasteiger partial charge in [-0.05, 0) is 49.9 Å². The zero-order valence-electron chi connectivity index (χ0n) is 15.2. The number of rotatable bonds is 3. The average Bonchev–Trinajstić information content (AvgIpc) is 2.93. The topological polar surface area (TPSA) is 40.6 Å². The van der Waals surface area contributed by atoms with Gasteiger partial charge in [0.25, 0.3) is 11.8 Å². The second kappa shape index (κ2) is 6.99. The van der Waals surface area contributed by atoms with Crippen LogP contribution in [0, 0.1) is 12.7 Å². The quantitative estimate of drug-likeness (QED) is 0.776. The Morgan fingerprint density at radius 3 is 2.26 bits per heavy atom. The molecule has 0 saturated carbocycles. The van der Waals surface area contributed by atoms with Crippen molar-refractivity contribution < 1.29 is 14.0 Å². The first-order valence-electron chi connectivity index (χ1n) is 9.27. The molecule has 0 radical (unpaired) electrons. The van der Waals surface area contributed by atoms with Gasteiger partial charge in [0.2, 0.25) is 0 Å². The lowest BCUT2D eigenvalue weighted by Crippen LogP contribution is -2.37. The number of imide groups is 1. The van der Waals surface area contributed by atoms with Crippen molar-refractivity contribution in [3.05, 3.63) is 71.2 Å². The molecule has 0 aliphatic carbocycles. The van der Waals surface area contributed by atoms with Crippen LogP contribution in [0.1, 0.15) is 30.4 Å². The van der Waals surface area contributed by atoms with Gasteiger partial charge in [0, 0.05) is 13.1 Å². The summed E-state index contributed by atoms with van der Waals surface area (Å²) in [7, 11) is 0.